The number of nitrogens with zero attached hydrogens (tertiary/aromatic N) is 4. The molecule has 2 aliphatic rings. The first-order valence-electron chi connectivity index (χ1n) is 11.4. The molecule has 0 bridgehead atoms. The van der Waals surface area contributed by atoms with E-state index in [4.69, 9.17) is 37.9 Å². The molecule has 182 valence electrons. The van der Waals surface area contributed by atoms with Crippen LogP contribution in [-0.4, -0.2) is 53.7 Å². The molecule has 2 aromatic carbocycles. The molecular weight excluding hydrogens is 492 g/mol. The van der Waals surface area contributed by atoms with Crippen LogP contribution in [0.1, 0.15) is 22.6 Å². The van der Waals surface area contributed by atoms with Gasteiger partial charge in [-0.3, -0.25) is 0 Å². The zero-order valence-electron chi connectivity index (χ0n) is 18.9. The van der Waals surface area contributed by atoms with Crippen LogP contribution in [0, 0.1) is 5.82 Å². The molecule has 0 radical (unpaired) electrons. The monoisotopic (exact) mass is 515 g/mol. The molecule has 3 heterocycles. The van der Waals surface area contributed by atoms with E-state index in [1.807, 2.05) is 6.07 Å². The van der Waals surface area contributed by atoms with Gasteiger partial charge in [-0.15, -0.1) is 0 Å². The Bertz CT molecular complexity index is 1250. The lowest BCUT2D eigenvalue weighted by Gasteiger charge is -2.34. The Morgan fingerprint density at radius 3 is 2.66 bits per heavy atom. The van der Waals surface area contributed by atoms with Crippen LogP contribution in [0.15, 0.2) is 42.5 Å². The van der Waals surface area contributed by atoms with Gasteiger partial charge in [0.1, 0.15) is 17.5 Å². The van der Waals surface area contributed by atoms with Gasteiger partial charge in [0.05, 0.1) is 35.5 Å². The lowest BCUT2D eigenvalue weighted by molar-refractivity contribution is 0.122. The van der Waals surface area contributed by atoms with E-state index in [2.05, 4.69) is 10.2 Å². The van der Waals surface area contributed by atoms with Gasteiger partial charge < -0.3 is 19.9 Å². The van der Waals surface area contributed by atoms with Crippen molar-refractivity contribution in [2.75, 3.05) is 43.1 Å². The van der Waals surface area contributed by atoms with Crippen molar-refractivity contribution >= 4 is 40.7 Å². The maximum absolute atomic E-state index is 13.7. The number of halogens is 3. The summed E-state index contributed by atoms with van der Waals surface area (Å²) >= 11 is 12.1. The van der Waals surface area contributed by atoms with E-state index >= 15 is 0 Å². The van der Waals surface area contributed by atoms with Crippen LogP contribution in [0.3, 0.4) is 0 Å². The van der Waals surface area contributed by atoms with Crippen molar-refractivity contribution in [2.45, 2.75) is 19.4 Å². The van der Waals surface area contributed by atoms with Crippen molar-refractivity contribution in [1.82, 2.24) is 14.9 Å². The molecule has 0 saturated carbocycles. The Labute approximate surface area is 212 Å². The summed E-state index contributed by atoms with van der Waals surface area (Å²) in [6.45, 7) is 3.53. The van der Waals surface area contributed by atoms with Crippen molar-refractivity contribution in [2.24, 2.45) is 0 Å². The molecule has 0 spiro atoms. The minimum Gasteiger partial charge on any atom is -0.378 e. The van der Waals surface area contributed by atoms with E-state index in [-0.39, 0.29) is 11.8 Å². The third-order valence-corrected chi connectivity index (χ3v) is 6.84. The number of morpholine rings is 1. The standard InChI is InChI=1S/C25H24Cl2FN5O2/c26-20-5-4-18(14-21(20)27)29-25(34)33-7-6-22-19(15-33)24(32-8-10-35-11-9-32)31-23(30-22)13-16-2-1-3-17(28)12-16/h1-5,12,14H,6-11,13,15H2,(H,29,34). The van der Waals surface area contributed by atoms with Crippen LogP contribution >= 0.6 is 23.2 Å². The highest BCUT2D eigenvalue weighted by Crippen LogP contribution is 2.29. The third-order valence-electron chi connectivity index (χ3n) is 6.10. The van der Waals surface area contributed by atoms with Crippen LogP contribution in [0.2, 0.25) is 10.0 Å². The molecular formula is C25H24Cl2FN5O2. The van der Waals surface area contributed by atoms with E-state index in [1.54, 1.807) is 29.2 Å². The Morgan fingerprint density at radius 1 is 1.06 bits per heavy atom. The average Bonchev–Trinajstić information content (AvgIpc) is 2.86. The van der Waals surface area contributed by atoms with Gasteiger partial charge in [-0.05, 0) is 35.9 Å². The number of nitrogens with one attached hydrogen (secondary N) is 1. The van der Waals surface area contributed by atoms with E-state index in [1.165, 1.54) is 12.1 Å². The van der Waals surface area contributed by atoms with Crippen molar-refractivity contribution in [3.05, 3.63) is 81.0 Å². The minimum atomic E-state index is -0.280. The lowest BCUT2D eigenvalue weighted by atomic mass is 10.0. The number of benzene rings is 2. The van der Waals surface area contributed by atoms with Gasteiger partial charge in [-0.2, -0.15) is 0 Å². The number of hydrogen-bond donors (Lipinski definition) is 1. The van der Waals surface area contributed by atoms with E-state index in [0.29, 0.717) is 73.8 Å². The normalized spacial score (nSPS) is 15.6. The van der Waals surface area contributed by atoms with Crippen molar-refractivity contribution in [3.63, 3.8) is 0 Å². The van der Waals surface area contributed by atoms with Crippen LogP contribution in [-0.2, 0) is 24.1 Å². The first-order chi connectivity index (χ1) is 17.0. The highest BCUT2D eigenvalue weighted by atomic mass is 35.5. The number of ether oxygens (including phenoxy) is 1. The molecule has 0 unspecified atom stereocenters. The molecule has 2 aliphatic heterocycles. The fourth-order valence-electron chi connectivity index (χ4n) is 4.34. The Hall–Kier alpha value is -2.94. The van der Waals surface area contributed by atoms with Gasteiger partial charge in [0, 0.05) is 43.7 Å². The van der Waals surface area contributed by atoms with Crippen molar-refractivity contribution < 1.29 is 13.9 Å². The number of carbonyl (C=O) groups excluding carboxylic acids is 1. The summed E-state index contributed by atoms with van der Waals surface area (Å²) < 4.78 is 19.2. The average molecular weight is 516 g/mol. The van der Waals surface area contributed by atoms with E-state index in [9.17, 15) is 9.18 Å². The smallest absolute Gasteiger partial charge is 0.322 e. The Balaban J connectivity index is 1.41. The summed E-state index contributed by atoms with van der Waals surface area (Å²) in [6.07, 6.45) is 1.03. The zero-order chi connectivity index (χ0) is 24.4. The number of hydrogen-bond acceptors (Lipinski definition) is 5. The first kappa shape index (κ1) is 23.8. The molecule has 1 N–H and O–H groups in total. The highest BCUT2D eigenvalue weighted by Gasteiger charge is 2.28. The molecule has 3 aromatic rings. The number of fused-ring (bicyclic) bond motifs is 1. The van der Waals surface area contributed by atoms with E-state index < -0.39 is 0 Å². The summed E-state index contributed by atoms with van der Waals surface area (Å²) in [6, 6.07) is 11.2. The fraction of sp³-hybridized carbons (Fsp3) is 0.320. The summed E-state index contributed by atoms with van der Waals surface area (Å²) in [7, 11) is 0. The van der Waals surface area contributed by atoms with Gasteiger partial charge in [0.15, 0.2) is 0 Å². The largest absolute Gasteiger partial charge is 0.378 e. The number of amides is 2. The predicted molar refractivity (Wildman–Crippen MR) is 134 cm³/mol. The van der Waals surface area contributed by atoms with Gasteiger partial charge in [-0.25, -0.2) is 19.2 Å². The number of urea groups is 1. The van der Waals surface area contributed by atoms with Crippen molar-refractivity contribution in [3.8, 4) is 0 Å². The molecule has 1 aromatic heterocycles. The van der Waals surface area contributed by atoms with Crippen LogP contribution in [0.4, 0.5) is 20.7 Å². The molecule has 2 amide bonds. The second kappa shape index (κ2) is 10.4. The molecule has 7 nitrogen and oxygen atoms in total. The molecule has 0 aliphatic carbocycles. The fourth-order valence-corrected chi connectivity index (χ4v) is 4.64. The maximum atomic E-state index is 13.7. The van der Waals surface area contributed by atoms with Gasteiger partial charge >= 0.3 is 6.03 Å². The minimum absolute atomic E-state index is 0.231. The van der Waals surface area contributed by atoms with Crippen molar-refractivity contribution in [1.29, 1.82) is 0 Å². The number of anilines is 2. The quantitative estimate of drug-likeness (QED) is 0.532. The second-order valence-corrected chi connectivity index (χ2v) is 9.34. The second-order valence-electron chi connectivity index (χ2n) is 8.53. The van der Waals surface area contributed by atoms with Crippen LogP contribution in [0.25, 0.3) is 0 Å². The number of carbonyl (C=O) groups is 1. The summed E-state index contributed by atoms with van der Waals surface area (Å²) in [5.74, 6) is 1.18. The first-order valence-corrected chi connectivity index (χ1v) is 12.2. The highest BCUT2D eigenvalue weighted by molar-refractivity contribution is 6.42. The van der Waals surface area contributed by atoms with Crippen LogP contribution < -0.4 is 10.2 Å². The molecule has 1 saturated heterocycles. The summed E-state index contributed by atoms with van der Waals surface area (Å²) in [5.41, 5.74) is 3.25. The van der Waals surface area contributed by atoms with E-state index in [0.717, 1.165) is 22.6 Å². The molecule has 10 heteroatoms. The Morgan fingerprint density at radius 2 is 1.89 bits per heavy atom. The van der Waals surface area contributed by atoms with Gasteiger partial charge in [0.25, 0.3) is 0 Å². The molecule has 1 fully saturated rings. The molecule has 0 atom stereocenters. The summed E-state index contributed by atoms with van der Waals surface area (Å²) in [5, 5.41) is 3.70. The number of aromatic nitrogens is 2. The zero-order valence-corrected chi connectivity index (χ0v) is 20.4. The topological polar surface area (TPSA) is 70.6 Å². The maximum Gasteiger partial charge on any atom is 0.322 e. The molecule has 35 heavy (non-hydrogen) atoms. The van der Waals surface area contributed by atoms with Crippen LogP contribution in [0.5, 0.6) is 0 Å². The lowest BCUT2D eigenvalue weighted by Crippen LogP contribution is -2.42. The predicted octanol–water partition coefficient (Wildman–Crippen LogP) is 4.94. The SMILES string of the molecule is O=C(Nc1ccc(Cl)c(Cl)c1)N1CCc2nc(Cc3cccc(F)c3)nc(N3CCOCC3)c2C1. The Kier molecular flexibility index (Phi) is 7.04. The summed E-state index contributed by atoms with van der Waals surface area (Å²) in [4.78, 5) is 26.6. The third kappa shape index (κ3) is 5.50. The molecule has 5 rings (SSSR count). The number of rotatable bonds is 4. The van der Waals surface area contributed by atoms with Gasteiger partial charge in [0.2, 0.25) is 0 Å². The van der Waals surface area contributed by atoms with Gasteiger partial charge in [-0.1, -0.05) is 35.3 Å².